The number of carbonyl (C=O) groups excluding carboxylic acids is 1. The summed E-state index contributed by atoms with van der Waals surface area (Å²) in [5, 5.41) is 13.8. The molecule has 6 nitrogen and oxygen atoms in total. The van der Waals surface area contributed by atoms with Crippen molar-refractivity contribution >= 4 is 23.0 Å². The lowest BCUT2D eigenvalue weighted by Crippen LogP contribution is -2.34. The Bertz CT molecular complexity index is 888. The van der Waals surface area contributed by atoms with Gasteiger partial charge in [0.1, 0.15) is 17.3 Å². The number of amides is 1. The van der Waals surface area contributed by atoms with E-state index in [0.717, 1.165) is 31.0 Å². The van der Waals surface area contributed by atoms with E-state index in [-0.39, 0.29) is 16.9 Å². The number of halogens is 2. The summed E-state index contributed by atoms with van der Waals surface area (Å²) in [4.78, 5) is 25.3. The van der Waals surface area contributed by atoms with Crippen LogP contribution >= 0.6 is 0 Å². The molecule has 1 amide bonds. The fraction of sp³-hybridized carbons (Fsp3) is 0.316. The predicted molar refractivity (Wildman–Crippen MR) is 98.0 cm³/mol. The molecule has 0 radical (unpaired) electrons. The number of nitro benzene ring substituents is 1. The number of rotatable bonds is 4. The number of anilines is 2. The first-order chi connectivity index (χ1) is 12.8. The number of nitrogens with one attached hydrogen (secondary N) is 1. The van der Waals surface area contributed by atoms with Crippen LogP contribution in [0.15, 0.2) is 36.4 Å². The molecule has 2 aromatic rings. The van der Waals surface area contributed by atoms with Gasteiger partial charge in [0, 0.05) is 30.8 Å². The van der Waals surface area contributed by atoms with Gasteiger partial charge in [0.05, 0.1) is 10.6 Å². The van der Waals surface area contributed by atoms with Crippen LogP contribution in [-0.2, 0) is 0 Å². The Morgan fingerprint density at radius 2 is 2.04 bits per heavy atom. The highest BCUT2D eigenvalue weighted by atomic mass is 19.1. The minimum absolute atomic E-state index is 0.000769. The zero-order valence-corrected chi connectivity index (χ0v) is 14.7. The molecule has 1 unspecified atom stereocenters. The zero-order valence-electron chi connectivity index (χ0n) is 14.7. The number of piperidine rings is 1. The Balaban J connectivity index is 1.88. The van der Waals surface area contributed by atoms with Gasteiger partial charge in [-0.05, 0) is 43.0 Å². The molecule has 1 aliphatic heterocycles. The van der Waals surface area contributed by atoms with E-state index >= 15 is 0 Å². The maximum absolute atomic E-state index is 13.7. The van der Waals surface area contributed by atoms with Crippen molar-refractivity contribution < 1.29 is 18.5 Å². The maximum atomic E-state index is 13.7. The summed E-state index contributed by atoms with van der Waals surface area (Å²) in [6.07, 6.45) is 2.02. The van der Waals surface area contributed by atoms with Crippen LogP contribution < -0.4 is 10.2 Å². The standard InChI is InChI=1S/C19H19F2N3O3/c1-12-3-2-8-23(11-12)17-7-4-13(9-18(17)24(26)27)19(25)22-16-10-14(20)5-6-15(16)21/h4-7,9-10,12H,2-3,8,11H2,1H3,(H,22,25). The summed E-state index contributed by atoms with van der Waals surface area (Å²) >= 11 is 0. The van der Waals surface area contributed by atoms with E-state index in [1.165, 1.54) is 18.2 Å². The highest BCUT2D eigenvalue weighted by Crippen LogP contribution is 2.32. The third-order valence-electron chi connectivity index (χ3n) is 4.61. The largest absolute Gasteiger partial charge is 0.366 e. The smallest absolute Gasteiger partial charge is 0.293 e. The molecule has 0 aromatic heterocycles. The van der Waals surface area contributed by atoms with E-state index in [2.05, 4.69) is 12.2 Å². The zero-order chi connectivity index (χ0) is 19.6. The van der Waals surface area contributed by atoms with Crippen LogP contribution in [0.5, 0.6) is 0 Å². The Morgan fingerprint density at radius 3 is 2.74 bits per heavy atom. The minimum atomic E-state index is -0.793. The number of carbonyl (C=O) groups is 1. The summed E-state index contributed by atoms with van der Waals surface area (Å²) in [5.74, 6) is -1.82. The van der Waals surface area contributed by atoms with Gasteiger partial charge in [-0.1, -0.05) is 6.92 Å². The van der Waals surface area contributed by atoms with E-state index in [1.54, 1.807) is 0 Å². The molecular formula is C19H19F2N3O3. The molecular weight excluding hydrogens is 356 g/mol. The highest BCUT2D eigenvalue weighted by Gasteiger charge is 2.25. The molecule has 2 aromatic carbocycles. The van der Waals surface area contributed by atoms with Crippen LogP contribution in [0.25, 0.3) is 0 Å². The quantitative estimate of drug-likeness (QED) is 0.636. The molecule has 1 heterocycles. The van der Waals surface area contributed by atoms with Gasteiger partial charge in [0.15, 0.2) is 0 Å². The fourth-order valence-electron chi connectivity index (χ4n) is 3.27. The van der Waals surface area contributed by atoms with Gasteiger partial charge in [0.25, 0.3) is 11.6 Å². The second kappa shape index (κ2) is 7.69. The van der Waals surface area contributed by atoms with E-state index in [4.69, 9.17) is 0 Å². The lowest BCUT2D eigenvalue weighted by Gasteiger charge is -2.32. The number of hydrogen-bond acceptors (Lipinski definition) is 4. The predicted octanol–water partition coefficient (Wildman–Crippen LogP) is 4.36. The summed E-state index contributed by atoms with van der Waals surface area (Å²) in [5.41, 5.74) is -0.0488. The normalized spacial score (nSPS) is 16.9. The first kappa shape index (κ1) is 18.8. The van der Waals surface area contributed by atoms with Gasteiger partial charge in [-0.25, -0.2) is 8.78 Å². The van der Waals surface area contributed by atoms with Gasteiger partial charge >= 0.3 is 0 Å². The average Bonchev–Trinajstić information content (AvgIpc) is 2.64. The van der Waals surface area contributed by atoms with Gasteiger partial charge in [-0.2, -0.15) is 0 Å². The molecule has 3 rings (SSSR count). The van der Waals surface area contributed by atoms with Crippen molar-refractivity contribution in [1.82, 2.24) is 0 Å². The van der Waals surface area contributed by atoms with E-state index < -0.39 is 22.5 Å². The number of nitrogens with zero attached hydrogens (tertiary/aromatic N) is 2. The molecule has 0 spiro atoms. The lowest BCUT2D eigenvalue weighted by atomic mass is 9.99. The molecule has 0 aliphatic carbocycles. The lowest BCUT2D eigenvalue weighted by molar-refractivity contribution is -0.384. The van der Waals surface area contributed by atoms with Crippen LogP contribution in [0.1, 0.15) is 30.1 Å². The Hall–Kier alpha value is -3.03. The SMILES string of the molecule is CC1CCCN(c2ccc(C(=O)Nc3cc(F)ccc3F)cc2[N+](=O)[O-])C1. The van der Waals surface area contributed by atoms with Crippen molar-refractivity contribution in [1.29, 1.82) is 0 Å². The molecule has 1 aliphatic rings. The van der Waals surface area contributed by atoms with Crippen LogP contribution in [0.3, 0.4) is 0 Å². The minimum Gasteiger partial charge on any atom is -0.366 e. The average molecular weight is 375 g/mol. The molecule has 27 heavy (non-hydrogen) atoms. The number of benzene rings is 2. The molecule has 142 valence electrons. The van der Waals surface area contributed by atoms with Gasteiger partial charge in [-0.3, -0.25) is 14.9 Å². The van der Waals surface area contributed by atoms with Crippen molar-refractivity contribution in [3.8, 4) is 0 Å². The molecule has 0 bridgehead atoms. The van der Waals surface area contributed by atoms with Gasteiger partial charge in [-0.15, -0.1) is 0 Å². The first-order valence-electron chi connectivity index (χ1n) is 8.65. The van der Waals surface area contributed by atoms with E-state index in [1.807, 2.05) is 4.90 Å². The number of hydrogen-bond donors (Lipinski definition) is 1. The summed E-state index contributed by atoms with van der Waals surface area (Å²) in [6, 6.07) is 6.84. The van der Waals surface area contributed by atoms with Crippen molar-refractivity contribution in [2.45, 2.75) is 19.8 Å². The number of nitro groups is 1. The molecule has 1 N–H and O–H groups in total. The monoisotopic (exact) mass is 375 g/mol. The van der Waals surface area contributed by atoms with Crippen LogP contribution in [0.4, 0.5) is 25.8 Å². The van der Waals surface area contributed by atoms with E-state index in [9.17, 15) is 23.7 Å². The Labute approximate surface area is 154 Å². The van der Waals surface area contributed by atoms with Crippen molar-refractivity contribution in [3.05, 3.63) is 63.7 Å². The third-order valence-corrected chi connectivity index (χ3v) is 4.61. The topological polar surface area (TPSA) is 75.5 Å². The summed E-state index contributed by atoms with van der Waals surface area (Å²) in [7, 11) is 0. The maximum Gasteiger partial charge on any atom is 0.293 e. The molecule has 1 fully saturated rings. The first-order valence-corrected chi connectivity index (χ1v) is 8.65. The van der Waals surface area contributed by atoms with Crippen LogP contribution in [0, 0.1) is 27.7 Å². The van der Waals surface area contributed by atoms with Crippen molar-refractivity contribution in [2.24, 2.45) is 5.92 Å². The van der Waals surface area contributed by atoms with Crippen LogP contribution in [0.2, 0.25) is 0 Å². The van der Waals surface area contributed by atoms with Crippen molar-refractivity contribution in [2.75, 3.05) is 23.3 Å². The Morgan fingerprint density at radius 1 is 1.26 bits per heavy atom. The summed E-state index contributed by atoms with van der Waals surface area (Å²) < 4.78 is 26.9. The summed E-state index contributed by atoms with van der Waals surface area (Å²) in [6.45, 7) is 3.51. The molecule has 1 atom stereocenters. The fourth-order valence-corrected chi connectivity index (χ4v) is 3.27. The second-order valence-electron chi connectivity index (χ2n) is 6.73. The van der Waals surface area contributed by atoms with Crippen molar-refractivity contribution in [3.63, 3.8) is 0 Å². The van der Waals surface area contributed by atoms with E-state index in [0.29, 0.717) is 24.7 Å². The molecule has 1 saturated heterocycles. The van der Waals surface area contributed by atoms with Gasteiger partial charge in [0.2, 0.25) is 0 Å². The molecule has 8 heteroatoms. The second-order valence-corrected chi connectivity index (χ2v) is 6.73. The highest BCUT2D eigenvalue weighted by molar-refractivity contribution is 6.05. The van der Waals surface area contributed by atoms with Gasteiger partial charge < -0.3 is 10.2 Å². The van der Waals surface area contributed by atoms with Crippen LogP contribution in [-0.4, -0.2) is 23.9 Å². The Kier molecular flexibility index (Phi) is 5.34. The molecule has 0 saturated carbocycles. The third kappa shape index (κ3) is 4.21.